The molecule has 1 aliphatic rings. The molecule has 1 unspecified atom stereocenters. The topological polar surface area (TPSA) is 47.3 Å². The van der Waals surface area contributed by atoms with E-state index >= 15 is 0 Å². The lowest BCUT2D eigenvalue weighted by atomic mass is 10.2. The Bertz CT molecular complexity index is 666. The number of furan rings is 1. The third-order valence-electron chi connectivity index (χ3n) is 4.64. The van der Waals surface area contributed by atoms with E-state index in [4.69, 9.17) is 9.41 Å². The lowest BCUT2D eigenvalue weighted by molar-refractivity contribution is 0.263. The summed E-state index contributed by atoms with van der Waals surface area (Å²) in [7, 11) is 4.13. The number of hydrogen-bond acceptors (Lipinski definition) is 5. The Labute approximate surface area is 183 Å². The smallest absolute Gasteiger partial charge is 0.194 e. The van der Waals surface area contributed by atoms with Crippen molar-refractivity contribution < 1.29 is 4.42 Å². The molecular weight excluding hydrogens is 473 g/mol. The molecule has 3 rings (SSSR count). The fraction of sp³-hybridized carbons (Fsp3) is 0.526. The number of guanidine groups is 1. The summed E-state index contributed by atoms with van der Waals surface area (Å²) in [6, 6.07) is 8.42. The molecule has 6 nitrogen and oxygen atoms in total. The summed E-state index contributed by atoms with van der Waals surface area (Å²) < 4.78 is 5.60. The molecule has 1 atom stereocenters. The van der Waals surface area contributed by atoms with Crippen LogP contribution in [0.2, 0.25) is 0 Å². The molecular formula is C19H30IN5OS. The lowest BCUT2D eigenvalue weighted by Gasteiger charge is -2.37. The van der Waals surface area contributed by atoms with E-state index in [0.717, 1.165) is 44.4 Å². The predicted molar refractivity (Wildman–Crippen MR) is 125 cm³/mol. The van der Waals surface area contributed by atoms with Crippen LogP contribution in [0.3, 0.4) is 0 Å². The van der Waals surface area contributed by atoms with Crippen LogP contribution in [0.1, 0.15) is 18.7 Å². The minimum absolute atomic E-state index is 0. The standard InChI is InChI=1S/C19H29N5OS.HI/c1-4-20-19(21-15-16(22(2)3)17-7-5-13-25-17)24-11-9-23(10-12-24)18-8-6-14-26-18;/h5-8,13-14,16H,4,9-12,15H2,1-3H3,(H,20,21);1H. The van der Waals surface area contributed by atoms with Gasteiger partial charge in [0, 0.05) is 32.7 Å². The molecule has 2 aromatic heterocycles. The monoisotopic (exact) mass is 503 g/mol. The number of thiophene rings is 1. The second-order valence-corrected chi connectivity index (χ2v) is 7.54. The summed E-state index contributed by atoms with van der Waals surface area (Å²) >= 11 is 1.81. The Morgan fingerprint density at radius 1 is 1.26 bits per heavy atom. The van der Waals surface area contributed by atoms with Crippen molar-refractivity contribution in [3.63, 3.8) is 0 Å². The predicted octanol–water partition coefficient (Wildman–Crippen LogP) is 3.35. The average Bonchev–Trinajstić information content (AvgIpc) is 3.35. The normalized spacial score (nSPS) is 16.4. The maximum absolute atomic E-state index is 5.60. The van der Waals surface area contributed by atoms with Gasteiger partial charge in [-0.3, -0.25) is 9.89 Å². The maximum Gasteiger partial charge on any atom is 0.194 e. The van der Waals surface area contributed by atoms with Crippen LogP contribution < -0.4 is 10.2 Å². The molecule has 2 aromatic rings. The van der Waals surface area contributed by atoms with E-state index in [-0.39, 0.29) is 30.0 Å². The van der Waals surface area contributed by atoms with Gasteiger partial charge in [-0.2, -0.15) is 0 Å². The third kappa shape index (κ3) is 5.86. The van der Waals surface area contributed by atoms with Gasteiger partial charge >= 0.3 is 0 Å². The van der Waals surface area contributed by atoms with E-state index in [2.05, 4.69) is 58.5 Å². The van der Waals surface area contributed by atoms with Crippen molar-refractivity contribution in [3.05, 3.63) is 41.7 Å². The molecule has 8 heteroatoms. The molecule has 1 fully saturated rings. The zero-order valence-corrected chi connectivity index (χ0v) is 19.4. The summed E-state index contributed by atoms with van der Waals surface area (Å²) in [6.07, 6.45) is 1.73. The van der Waals surface area contributed by atoms with Crippen molar-refractivity contribution in [1.82, 2.24) is 15.1 Å². The first kappa shape index (κ1) is 22.0. The van der Waals surface area contributed by atoms with Gasteiger partial charge in [0.2, 0.25) is 0 Å². The van der Waals surface area contributed by atoms with Gasteiger partial charge in [-0.1, -0.05) is 0 Å². The second kappa shape index (κ2) is 10.9. The fourth-order valence-corrected chi connectivity index (χ4v) is 3.96. The van der Waals surface area contributed by atoms with Crippen LogP contribution in [0.25, 0.3) is 0 Å². The Morgan fingerprint density at radius 3 is 2.59 bits per heavy atom. The lowest BCUT2D eigenvalue weighted by Crippen LogP contribution is -2.52. The highest BCUT2D eigenvalue weighted by molar-refractivity contribution is 14.0. The Balaban J connectivity index is 0.00000261. The van der Waals surface area contributed by atoms with Gasteiger partial charge in [0.25, 0.3) is 0 Å². The number of rotatable bonds is 6. The van der Waals surface area contributed by atoms with Gasteiger partial charge in [0.15, 0.2) is 5.96 Å². The summed E-state index contributed by atoms with van der Waals surface area (Å²) in [5, 5.41) is 6.95. The van der Waals surface area contributed by atoms with E-state index in [0.29, 0.717) is 6.54 Å². The van der Waals surface area contributed by atoms with E-state index in [9.17, 15) is 0 Å². The number of nitrogens with one attached hydrogen (secondary N) is 1. The molecule has 1 N–H and O–H groups in total. The molecule has 3 heterocycles. The van der Waals surface area contributed by atoms with Crippen molar-refractivity contribution >= 4 is 46.3 Å². The first-order chi connectivity index (χ1) is 12.7. The maximum atomic E-state index is 5.60. The molecule has 0 aliphatic carbocycles. The van der Waals surface area contributed by atoms with Crippen LogP contribution in [0, 0.1) is 0 Å². The summed E-state index contributed by atoms with van der Waals surface area (Å²) in [6.45, 7) is 7.69. The number of likely N-dealkylation sites (N-methyl/N-ethyl adjacent to an activating group) is 1. The Hall–Kier alpha value is -1.26. The SMILES string of the molecule is CCNC(=NCC(c1ccco1)N(C)C)N1CCN(c2cccs2)CC1.I. The summed E-state index contributed by atoms with van der Waals surface area (Å²) in [4.78, 5) is 11.9. The van der Waals surface area contributed by atoms with Crippen LogP contribution in [-0.4, -0.2) is 69.1 Å². The van der Waals surface area contributed by atoms with E-state index in [1.165, 1.54) is 5.00 Å². The zero-order valence-electron chi connectivity index (χ0n) is 16.3. The molecule has 0 bridgehead atoms. The van der Waals surface area contributed by atoms with Gasteiger partial charge < -0.3 is 19.5 Å². The van der Waals surface area contributed by atoms with Crippen LogP contribution in [-0.2, 0) is 0 Å². The van der Waals surface area contributed by atoms with E-state index in [1.54, 1.807) is 6.26 Å². The van der Waals surface area contributed by atoms with E-state index < -0.39 is 0 Å². The molecule has 0 spiro atoms. The first-order valence-corrected chi connectivity index (χ1v) is 10.1. The molecule has 150 valence electrons. The number of nitrogens with zero attached hydrogens (tertiary/aromatic N) is 4. The largest absolute Gasteiger partial charge is 0.468 e. The molecule has 27 heavy (non-hydrogen) atoms. The highest BCUT2D eigenvalue weighted by atomic mass is 127. The molecule has 1 aliphatic heterocycles. The summed E-state index contributed by atoms with van der Waals surface area (Å²) in [5.41, 5.74) is 0. The van der Waals surface area contributed by atoms with Gasteiger partial charge in [-0.15, -0.1) is 35.3 Å². The fourth-order valence-electron chi connectivity index (χ4n) is 3.18. The van der Waals surface area contributed by atoms with Crippen molar-refractivity contribution in [3.8, 4) is 0 Å². The summed E-state index contributed by atoms with van der Waals surface area (Å²) in [5.74, 6) is 1.95. The average molecular weight is 503 g/mol. The highest BCUT2D eigenvalue weighted by Gasteiger charge is 2.22. The van der Waals surface area contributed by atoms with Crippen LogP contribution in [0.15, 0.2) is 45.3 Å². The van der Waals surface area contributed by atoms with Crippen molar-refractivity contribution in [1.29, 1.82) is 0 Å². The molecule has 0 saturated carbocycles. The van der Waals surface area contributed by atoms with Crippen LogP contribution >= 0.6 is 35.3 Å². The quantitative estimate of drug-likeness (QED) is 0.372. The highest BCUT2D eigenvalue weighted by Crippen LogP contribution is 2.23. The minimum Gasteiger partial charge on any atom is -0.468 e. The number of hydrogen-bond donors (Lipinski definition) is 1. The van der Waals surface area contributed by atoms with Gasteiger partial charge in [-0.25, -0.2) is 0 Å². The molecule has 1 saturated heterocycles. The van der Waals surface area contributed by atoms with Crippen molar-refractivity contribution in [2.45, 2.75) is 13.0 Å². The zero-order chi connectivity index (χ0) is 18.4. The molecule has 0 aromatic carbocycles. The van der Waals surface area contributed by atoms with Crippen LogP contribution in [0.5, 0.6) is 0 Å². The van der Waals surface area contributed by atoms with Gasteiger partial charge in [0.1, 0.15) is 5.76 Å². The van der Waals surface area contributed by atoms with Gasteiger partial charge in [0.05, 0.1) is 23.9 Å². The molecule has 0 amide bonds. The van der Waals surface area contributed by atoms with Crippen molar-refractivity contribution in [2.24, 2.45) is 4.99 Å². The number of aliphatic imine (C=N–C) groups is 1. The van der Waals surface area contributed by atoms with Gasteiger partial charge in [-0.05, 0) is 50.7 Å². The van der Waals surface area contributed by atoms with Crippen molar-refractivity contribution in [2.75, 3.05) is 58.3 Å². The second-order valence-electron chi connectivity index (χ2n) is 6.61. The third-order valence-corrected chi connectivity index (χ3v) is 5.57. The Morgan fingerprint density at radius 2 is 2.04 bits per heavy atom. The van der Waals surface area contributed by atoms with E-state index in [1.807, 2.05) is 23.5 Å². The first-order valence-electron chi connectivity index (χ1n) is 9.20. The number of anilines is 1. The number of halogens is 1. The van der Waals surface area contributed by atoms with Crippen LogP contribution in [0.4, 0.5) is 5.00 Å². The minimum atomic E-state index is 0. The Kier molecular flexibility index (Phi) is 8.91. The molecule has 0 radical (unpaired) electrons. The number of piperazine rings is 1.